The molecule has 5 rings (SSSR count). The normalized spacial score (nSPS) is 15.1. The van der Waals surface area contributed by atoms with Crippen molar-refractivity contribution in [1.29, 1.82) is 0 Å². The van der Waals surface area contributed by atoms with Crippen LogP contribution in [0.2, 0.25) is 0 Å². The van der Waals surface area contributed by atoms with Crippen LogP contribution >= 0.6 is 11.8 Å². The molecule has 28 heavy (non-hydrogen) atoms. The van der Waals surface area contributed by atoms with E-state index in [0.29, 0.717) is 0 Å². The molecule has 0 aliphatic carbocycles. The van der Waals surface area contributed by atoms with Gasteiger partial charge in [0.05, 0.1) is 19.0 Å². The molecule has 4 nitrogen and oxygen atoms in total. The van der Waals surface area contributed by atoms with E-state index in [9.17, 15) is 0 Å². The van der Waals surface area contributed by atoms with Crippen molar-refractivity contribution in [3.8, 4) is 28.1 Å². The maximum Gasteiger partial charge on any atom is 0.189 e. The van der Waals surface area contributed by atoms with E-state index in [0.717, 1.165) is 22.2 Å². The molecule has 4 aromatic rings. The third-order valence-corrected chi connectivity index (χ3v) is 5.95. The van der Waals surface area contributed by atoms with Crippen molar-refractivity contribution in [2.45, 2.75) is 10.5 Å². The zero-order chi connectivity index (χ0) is 18.9. The van der Waals surface area contributed by atoms with Gasteiger partial charge in [0, 0.05) is 5.56 Å². The Morgan fingerprint density at radius 3 is 2.39 bits per heavy atom. The van der Waals surface area contributed by atoms with Gasteiger partial charge in [0.2, 0.25) is 0 Å². The number of thioether (sulfide) groups is 1. The van der Waals surface area contributed by atoms with Crippen molar-refractivity contribution in [3.05, 3.63) is 90.6 Å². The van der Waals surface area contributed by atoms with E-state index < -0.39 is 0 Å². The van der Waals surface area contributed by atoms with Gasteiger partial charge in [-0.2, -0.15) is 0 Å². The van der Waals surface area contributed by atoms with Gasteiger partial charge in [-0.15, -0.1) is 0 Å². The monoisotopic (exact) mass is 385 g/mol. The number of hydrogen-bond acceptors (Lipinski definition) is 4. The lowest BCUT2D eigenvalue weighted by atomic mass is 10.0. The smallest absolute Gasteiger partial charge is 0.189 e. The highest BCUT2D eigenvalue weighted by molar-refractivity contribution is 7.99. The van der Waals surface area contributed by atoms with Gasteiger partial charge in [0.1, 0.15) is 11.1 Å². The van der Waals surface area contributed by atoms with E-state index in [1.54, 1.807) is 18.9 Å². The number of benzene rings is 3. The maximum atomic E-state index is 5.33. The van der Waals surface area contributed by atoms with Gasteiger partial charge in [0.15, 0.2) is 5.16 Å². The van der Waals surface area contributed by atoms with Crippen LogP contribution in [0.5, 0.6) is 5.75 Å². The van der Waals surface area contributed by atoms with Crippen molar-refractivity contribution in [2.24, 2.45) is 0 Å². The van der Waals surface area contributed by atoms with Crippen LogP contribution in [0.1, 0.15) is 10.9 Å². The predicted octanol–water partition coefficient (Wildman–Crippen LogP) is 5.57. The molecule has 5 heteroatoms. The first-order chi connectivity index (χ1) is 13.8. The first-order valence-electron chi connectivity index (χ1n) is 9.12. The number of fused-ring (bicyclic) bond motifs is 1. The second-order valence-corrected chi connectivity index (χ2v) is 7.70. The van der Waals surface area contributed by atoms with E-state index >= 15 is 0 Å². The molecule has 1 unspecified atom stereocenters. The van der Waals surface area contributed by atoms with Crippen LogP contribution in [0.3, 0.4) is 0 Å². The van der Waals surface area contributed by atoms with Gasteiger partial charge in [-0.1, -0.05) is 78.5 Å². The summed E-state index contributed by atoms with van der Waals surface area (Å²) in [4.78, 5) is 4.81. The van der Waals surface area contributed by atoms with Crippen LogP contribution in [0.4, 0.5) is 0 Å². The highest BCUT2D eigenvalue weighted by Crippen LogP contribution is 2.40. The van der Waals surface area contributed by atoms with E-state index in [2.05, 4.69) is 72.3 Å². The minimum atomic E-state index is 0.132. The Hall–Kier alpha value is -3.18. The van der Waals surface area contributed by atoms with Crippen molar-refractivity contribution in [2.75, 3.05) is 12.5 Å². The van der Waals surface area contributed by atoms with Gasteiger partial charge in [0.25, 0.3) is 0 Å². The quantitative estimate of drug-likeness (QED) is 0.498. The van der Waals surface area contributed by atoms with Crippen molar-refractivity contribution in [3.63, 3.8) is 0 Å². The van der Waals surface area contributed by atoms with Gasteiger partial charge in [-0.25, -0.2) is 9.66 Å². The number of aromatic nitrogens is 2. The lowest BCUT2D eigenvalue weighted by molar-refractivity contribution is 0.414. The largest absolute Gasteiger partial charge is 0.497 e. The first-order valence-corrected chi connectivity index (χ1v) is 10.0. The second kappa shape index (κ2) is 7.09. The summed E-state index contributed by atoms with van der Waals surface area (Å²) in [5.74, 6) is 0.864. The second-order valence-electron chi connectivity index (χ2n) is 6.63. The molecular formula is C23H19N3OS. The molecule has 1 aromatic heterocycles. The maximum absolute atomic E-state index is 5.33. The van der Waals surface area contributed by atoms with Crippen LogP contribution < -0.4 is 10.2 Å². The fourth-order valence-electron chi connectivity index (χ4n) is 3.35. The summed E-state index contributed by atoms with van der Waals surface area (Å²) in [6.45, 7) is 0. The molecule has 1 atom stereocenters. The summed E-state index contributed by atoms with van der Waals surface area (Å²) in [7, 11) is 1.69. The molecule has 0 saturated carbocycles. The number of nitrogens with zero attached hydrogens (tertiary/aromatic N) is 2. The molecule has 138 valence electrons. The van der Waals surface area contributed by atoms with Crippen molar-refractivity contribution < 1.29 is 4.74 Å². The Morgan fingerprint density at radius 1 is 0.893 bits per heavy atom. The fraction of sp³-hybridized carbons (Fsp3) is 0.0870. The molecule has 0 fully saturated rings. The summed E-state index contributed by atoms with van der Waals surface area (Å²) in [6, 6.07) is 27.1. The summed E-state index contributed by atoms with van der Waals surface area (Å²) >= 11 is 1.71. The van der Waals surface area contributed by atoms with E-state index in [4.69, 9.17) is 9.72 Å². The number of hydrogen-bond donors (Lipinski definition) is 1. The number of rotatable bonds is 4. The van der Waals surface area contributed by atoms with Crippen LogP contribution in [-0.4, -0.2) is 16.8 Å². The molecule has 1 N–H and O–H groups in total. The summed E-state index contributed by atoms with van der Waals surface area (Å²) < 4.78 is 7.34. The summed E-state index contributed by atoms with van der Waals surface area (Å²) in [6.07, 6.45) is 2.06. The summed E-state index contributed by atoms with van der Waals surface area (Å²) in [5.41, 5.74) is 9.18. The lowest BCUT2D eigenvalue weighted by Crippen LogP contribution is -2.11. The predicted molar refractivity (Wildman–Crippen MR) is 114 cm³/mol. The third-order valence-electron chi connectivity index (χ3n) is 4.84. The van der Waals surface area contributed by atoms with Crippen LogP contribution in [0.25, 0.3) is 22.4 Å². The molecule has 0 amide bonds. The Labute approximate surface area is 168 Å². The zero-order valence-corrected chi connectivity index (χ0v) is 16.2. The SMILES string of the molecule is COc1cccc(C2Nn3cc(-c4ccc(-c5ccccc5)cc4)nc3S2)c1. The van der Waals surface area contributed by atoms with E-state index in [1.165, 1.54) is 16.7 Å². The van der Waals surface area contributed by atoms with Gasteiger partial charge in [-0.3, -0.25) is 0 Å². The lowest BCUT2D eigenvalue weighted by Gasteiger charge is -2.12. The number of imidazole rings is 1. The number of methoxy groups -OCH3 is 1. The van der Waals surface area contributed by atoms with E-state index in [1.807, 2.05) is 22.9 Å². The molecule has 2 heterocycles. The third kappa shape index (κ3) is 3.14. The zero-order valence-electron chi connectivity index (χ0n) is 15.4. The fourth-order valence-corrected chi connectivity index (χ4v) is 4.38. The van der Waals surface area contributed by atoms with E-state index in [-0.39, 0.29) is 5.37 Å². The number of nitrogens with one attached hydrogen (secondary N) is 1. The molecule has 1 aliphatic rings. The molecule has 0 spiro atoms. The van der Waals surface area contributed by atoms with Gasteiger partial charge in [-0.05, 0) is 28.8 Å². The standard InChI is InChI=1S/C23H19N3OS/c1-27-20-9-5-8-19(14-20)22-25-26-15-21(24-23(26)28-22)18-12-10-17(11-13-18)16-6-3-2-4-7-16/h2-15,22,25H,1H3. The number of ether oxygens (including phenoxy) is 1. The minimum Gasteiger partial charge on any atom is -0.497 e. The molecule has 3 aromatic carbocycles. The van der Waals surface area contributed by atoms with Crippen LogP contribution in [0.15, 0.2) is 90.2 Å². The summed E-state index contributed by atoms with van der Waals surface area (Å²) in [5, 5.41) is 1.10. The van der Waals surface area contributed by atoms with Gasteiger partial charge >= 0.3 is 0 Å². The Morgan fingerprint density at radius 2 is 1.64 bits per heavy atom. The van der Waals surface area contributed by atoms with Gasteiger partial charge < -0.3 is 10.2 Å². The average molecular weight is 385 g/mol. The topological polar surface area (TPSA) is 39.1 Å². The van der Waals surface area contributed by atoms with Crippen molar-refractivity contribution >= 4 is 11.8 Å². The highest BCUT2D eigenvalue weighted by Gasteiger charge is 2.25. The van der Waals surface area contributed by atoms with Crippen LogP contribution in [-0.2, 0) is 0 Å². The molecule has 0 radical (unpaired) electrons. The Bertz CT molecular complexity index is 1080. The van der Waals surface area contributed by atoms with Crippen molar-refractivity contribution in [1.82, 2.24) is 9.66 Å². The molecule has 0 saturated heterocycles. The molecule has 1 aliphatic heterocycles. The molecule has 0 bridgehead atoms. The Balaban J connectivity index is 1.35. The minimum absolute atomic E-state index is 0.132. The highest BCUT2D eigenvalue weighted by atomic mass is 32.2. The first kappa shape index (κ1) is 17.0. The molecular weight excluding hydrogens is 366 g/mol. The Kier molecular flexibility index (Phi) is 4.29. The average Bonchev–Trinajstić information content (AvgIpc) is 3.34. The van der Waals surface area contributed by atoms with Crippen LogP contribution in [0, 0.1) is 0 Å².